The van der Waals surface area contributed by atoms with Crippen molar-refractivity contribution >= 4 is 5.91 Å². The lowest BCUT2D eigenvalue weighted by molar-refractivity contribution is -0.134. The summed E-state index contributed by atoms with van der Waals surface area (Å²) in [5.41, 5.74) is 5.90. The lowest BCUT2D eigenvalue weighted by atomic mass is 9.92. The molecule has 1 aliphatic rings. The lowest BCUT2D eigenvalue weighted by Gasteiger charge is -2.35. The van der Waals surface area contributed by atoms with Gasteiger partial charge in [-0.1, -0.05) is 40.0 Å². The first kappa shape index (κ1) is 18.4. The fourth-order valence-electron chi connectivity index (χ4n) is 3.17. The Morgan fingerprint density at radius 3 is 2.38 bits per heavy atom. The third-order valence-electron chi connectivity index (χ3n) is 4.62. The molecule has 1 rings (SSSR count). The van der Waals surface area contributed by atoms with E-state index in [4.69, 9.17) is 5.73 Å². The van der Waals surface area contributed by atoms with Crippen LogP contribution in [0, 0.1) is 5.41 Å². The number of hydrogen-bond acceptors (Lipinski definition) is 3. The van der Waals surface area contributed by atoms with Gasteiger partial charge in [-0.2, -0.15) is 0 Å². The zero-order valence-corrected chi connectivity index (χ0v) is 14.5. The van der Waals surface area contributed by atoms with Crippen molar-refractivity contribution in [2.24, 2.45) is 11.1 Å². The minimum absolute atomic E-state index is 0.0683. The smallest absolute Gasteiger partial charge is 0.236 e. The summed E-state index contributed by atoms with van der Waals surface area (Å²) in [5, 5.41) is 0. The van der Waals surface area contributed by atoms with Gasteiger partial charge in [-0.3, -0.25) is 9.69 Å². The molecule has 0 heterocycles. The SMILES string of the molecule is CCCN(CC(=O)N(C)C1CCCCC1)CC(C)(C)CN. The van der Waals surface area contributed by atoms with Gasteiger partial charge in [0, 0.05) is 19.6 Å². The third kappa shape index (κ3) is 6.35. The number of carbonyl (C=O) groups is 1. The molecule has 4 nitrogen and oxygen atoms in total. The lowest BCUT2D eigenvalue weighted by Crippen LogP contribution is -2.47. The maximum absolute atomic E-state index is 12.6. The van der Waals surface area contributed by atoms with E-state index < -0.39 is 0 Å². The molecule has 0 unspecified atom stereocenters. The standard InChI is InChI=1S/C17H35N3O/c1-5-11-20(14-17(2,3)13-18)12-16(21)19(4)15-9-7-6-8-10-15/h15H,5-14,18H2,1-4H3. The molecular formula is C17H35N3O. The normalized spacial score (nSPS) is 17.2. The van der Waals surface area contributed by atoms with Gasteiger partial charge in [0.05, 0.1) is 6.54 Å². The summed E-state index contributed by atoms with van der Waals surface area (Å²) in [6.07, 6.45) is 7.27. The number of amides is 1. The van der Waals surface area contributed by atoms with Crippen LogP contribution in [-0.2, 0) is 4.79 Å². The van der Waals surface area contributed by atoms with Crippen molar-refractivity contribution < 1.29 is 4.79 Å². The molecule has 124 valence electrons. The highest BCUT2D eigenvalue weighted by atomic mass is 16.2. The molecule has 0 bridgehead atoms. The van der Waals surface area contributed by atoms with Gasteiger partial charge < -0.3 is 10.6 Å². The topological polar surface area (TPSA) is 49.6 Å². The summed E-state index contributed by atoms with van der Waals surface area (Å²) in [6.45, 7) is 9.55. The molecule has 1 saturated carbocycles. The van der Waals surface area contributed by atoms with E-state index in [1.165, 1.54) is 32.1 Å². The molecule has 1 fully saturated rings. The predicted molar refractivity (Wildman–Crippen MR) is 89.2 cm³/mol. The zero-order chi connectivity index (χ0) is 15.9. The Hall–Kier alpha value is -0.610. The van der Waals surface area contributed by atoms with Gasteiger partial charge in [-0.15, -0.1) is 0 Å². The molecule has 0 aromatic carbocycles. The average Bonchev–Trinajstić information content (AvgIpc) is 2.47. The summed E-state index contributed by atoms with van der Waals surface area (Å²) in [4.78, 5) is 16.8. The van der Waals surface area contributed by atoms with Crippen LogP contribution in [0.5, 0.6) is 0 Å². The highest BCUT2D eigenvalue weighted by molar-refractivity contribution is 5.78. The molecule has 0 atom stereocenters. The maximum atomic E-state index is 12.6. The Morgan fingerprint density at radius 2 is 1.86 bits per heavy atom. The van der Waals surface area contributed by atoms with E-state index in [2.05, 4.69) is 25.7 Å². The minimum Gasteiger partial charge on any atom is -0.342 e. The molecule has 0 aromatic heterocycles. The highest BCUT2D eigenvalue weighted by Crippen LogP contribution is 2.22. The second kappa shape index (κ2) is 8.74. The van der Waals surface area contributed by atoms with E-state index in [1.807, 2.05) is 11.9 Å². The summed E-state index contributed by atoms with van der Waals surface area (Å²) in [7, 11) is 1.98. The van der Waals surface area contributed by atoms with E-state index in [9.17, 15) is 4.79 Å². The Balaban J connectivity index is 2.54. The molecule has 0 spiro atoms. The van der Waals surface area contributed by atoms with E-state index in [1.54, 1.807) is 0 Å². The Bertz CT molecular complexity index is 311. The Morgan fingerprint density at radius 1 is 1.24 bits per heavy atom. The van der Waals surface area contributed by atoms with Gasteiger partial charge >= 0.3 is 0 Å². The van der Waals surface area contributed by atoms with Gasteiger partial charge in [0.25, 0.3) is 0 Å². The van der Waals surface area contributed by atoms with Crippen molar-refractivity contribution in [2.75, 3.05) is 33.2 Å². The van der Waals surface area contributed by atoms with Crippen LogP contribution in [0.1, 0.15) is 59.3 Å². The molecule has 1 amide bonds. The average molecular weight is 297 g/mol. The van der Waals surface area contributed by atoms with Crippen LogP contribution in [0.15, 0.2) is 0 Å². The van der Waals surface area contributed by atoms with Crippen molar-refractivity contribution in [1.82, 2.24) is 9.80 Å². The molecule has 1 aliphatic carbocycles. The van der Waals surface area contributed by atoms with Crippen LogP contribution in [0.25, 0.3) is 0 Å². The minimum atomic E-state index is 0.0683. The highest BCUT2D eigenvalue weighted by Gasteiger charge is 2.25. The largest absolute Gasteiger partial charge is 0.342 e. The van der Waals surface area contributed by atoms with Crippen molar-refractivity contribution in [3.63, 3.8) is 0 Å². The van der Waals surface area contributed by atoms with Gasteiger partial charge in [-0.05, 0) is 37.8 Å². The molecule has 2 N–H and O–H groups in total. The first-order valence-electron chi connectivity index (χ1n) is 8.57. The number of nitrogens with zero attached hydrogens (tertiary/aromatic N) is 2. The summed E-state index contributed by atoms with van der Waals surface area (Å²) in [5.74, 6) is 0.267. The van der Waals surface area contributed by atoms with Crippen LogP contribution >= 0.6 is 0 Å². The number of hydrogen-bond donors (Lipinski definition) is 1. The van der Waals surface area contributed by atoms with Crippen LogP contribution in [0.4, 0.5) is 0 Å². The van der Waals surface area contributed by atoms with E-state index in [-0.39, 0.29) is 11.3 Å². The summed E-state index contributed by atoms with van der Waals surface area (Å²) < 4.78 is 0. The second-order valence-corrected chi connectivity index (χ2v) is 7.38. The van der Waals surface area contributed by atoms with Crippen LogP contribution in [0.2, 0.25) is 0 Å². The molecule has 4 heteroatoms. The van der Waals surface area contributed by atoms with E-state index in [0.717, 1.165) is 19.5 Å². The van der Waals surface area contributed by atoms with E-state index >= 15 is 0 Å². The second-order valence-electron chi connectivity index (χ2n) is 7.38. The van der Waals surface area contributed by atoms with Gasteiger partial charge in [0.15, 0.2) is 0 Å². The first-order chi connectivity index (χ1) is 9.89. The molecular weight excluding hydrogens is 262 g/mol. The monoisotopic (exact) mass is 297 g/mol. The van der Waals surface area contributed by atoms with Crippen molar-refractivity contribution in [3.8, 4) is 0 Å². The van der Waals surface area contributed by atoms with Crippen LogP contribution < -0.4 is 5.73 Å². The number of nitrogens with two attached hydrogens (primary N) is 1. The molecule has 0 radical (unpaired) electrons. The third-order valence-corrected chi connectivity index (χ3v) is 4.62. The Labute approximate surface area is 131 Å². The van der Waals surface area contributed by atoms with Gasteiger partial charge in [0.1, 0.15) is 0 Å². The zero-order valence-electron chi connectivity index (χ0n) is 14.5. The molecule has 0 saturated heterocycles. The predicted octanol–water partition coefficient (Wildman–Crippen LogP) is 2.47. The van der Waals surface area contributed by atoms with Gasteiger partial charge in [0.2, 0.25) is 5.91 Å². The van der Waals surface area contributed by atoms with Gasteiger partial charge in [-0.25, -0.2) is 0 Å². The maximum Gasteiger partial charge on any atom is 0.236 e. The van der Waals surface area contributed by atoms with Crippen molar-refractivity contribution in [1.29, 1.82) is 0 Å². The quantitative estimate of drug-likeness (QED) is 0.749. The number of likely N-dealkylation sites (N-methyl/N-ethyl adjacent to an activating group) is 1. The summed E-state index contributed by atoms with van der Waals surface area (Å²) >= 11 is 0. The molecule has 0 aliphatic heterocycles. The van der Waals surface area contributed by atoms with Crippen LogP contribution in [0.3, 0.4) is 0 Å². The fraction of sp³-hybridized carbons (Fsp3) is 0.941. The van der Waals surface area contributed by atoms with Crippen molar-refractivity contribution in [3.05, 3.63) is 0 Å². The van der Waals surface area contributed by atoms with Crippen LogP contribution in [-0.4, -0.2) is 55.0 Å². The number of rotatable bonds is 8. The first-order valence-corrected chi connectivity index (χ1v) is 8.57. The number of carbonyl (C=O) groups excluding carboxylic acids is 1. The van der Waals surface area contributed by atoms with Crippen molar-refractivity contribution in [2.45, 2.75) is 65.3 Å². The summed E-state index contributed by atoms with van der Waals surface area (Å²) in [6, 6.07) is 0.456. The van der Waals surface area contributed by atoms with E-state index in [0.29, 0.717) is 19.1 Å². The fourth-order valence-corrected chi connectivity index (χ4v) is 3.17. The Kier molecular flexibility index (Phi) is 7.67. The molecule has 0 aromatic rings. The molecule has 21 heavy (non-hydrogen) atoms.